The van der Waals surface area contributed by atoms with Crippen LogP contribution in [0.2, 0.25) is 5.02 Å². The van der Waals surface area contributed by atoms with Gasteiger partial charge in [0.2, 0.25) is 5.91 Å². The van der Waals surface area contributed by atoms with Gasteiger partial charge >= 0.3 is 0 Å². The van der Waals surface area contributed by atoms with E-state index in [-0.39, 0.29) is 18.1 Å². The summed E-state index contributed by atoms with van der Waals surface area (Å²) in [5, 5.41) is 3.24. The molecule has 0 spiro atoms. The van der Waals surface area contributed by atoms with Gasteiger partial charge in [0.1, 0.15) is 12.7 Å². The minimum Gasteiger partial charge on any atom is -0.493 e. The molecule has 0 radical (unpaired) electrons. The van der Waals surface area contributed by atoms with Crippen molar-refractivity contribution in [2.45, 2.75) is 26.1 Å². The van der Waals surface area contributed by atoms with E-state index in [0.29, 0.717) is 41.2 Å². The molecule has 1 aliphatic rings. The lowest BCUT2D eigenvalue weighted by Gasteiger charge is -2.26. The molecule has 0 saturated heterocycles. The van der Waals surface area contributed by atoms with Gasteiger partial charge in [-0.3, -0.25) is 4.79 Å². The molecule has 29 heavy (non-hydrogen) atoms. The molecular formula is C22H24ClNO5. The Morgan fingerprint density at radius 1 is 1.31 bits per heavy atom. The highest BCUT2D eigenvalue weighted by atomic mass is 35.5. The molecule has 0 saturated carbocycles. The highest BCUT2D eigenvalue weighted by molar-refractivity contribution is 6.32. The second kappa shape index (κ2) is 9.56. The Morgan fingerprint density at radius 3 is 2.79 bits per heavy atom. The molecule has 3 rings (SSSR count). The van der Waals surface area contributed by atoms with Crippen molar-refractivity contribution in [2.75, 3.05) is 20.3 Å². The molecular weight excluding hydrogens is 394 g/mol. The SMILES string of the molecule is COc1cc(/C=C/C(=O)NC[C@H]2COc3ccccc3O2)cc(Cl)c1OC(C)C. The van der Waals surface area contributed by atoms with Crippen molar-refractivity contribution in [3.05, 3.63) is 53.1 Å². The fraction of sp³-hybridized carbons (Fsp3) is 0.318. The third-order valence-corrected chi connectivity index (χ3v) is 4.38. The van der Waals surface area contributed by atoms with Gasteiger partial charge in [-0.2, -0.15) is 0 Å². The van der Waals surface area contributed by atoms with Crippen LogP contribution in [0.15, 0.2) is 42.5 Å². The van der Waals surface area contributed by atoms with E-state index in [1.54, 1.807) is 25.3 Å². The van der Waals surface area contributed by atoms with Crippen LogP contribution in [0.3, 0.4) is 0 Å². The second-order valence-electron chi connectivity index (χ2n) is 6.78. The van der Waals surface area contributed by atoms with Gasteiger partial charge in [0.25, 0.3) is 0 Å². The Labute approximate surface area is 175 Å². The average Bonchev–Trinajstić information content (AvgIpc) is 2.71. The third kappa shape index (κ3) is 5.57. The van der Waals surface area contributed by atoms with Crippen LogP contribution in [0.25, 0.3) is 6.08 Å². The topological polar surface area (TPSA) is 66.0 Å². The lowest BCUT2D eigenvalue weighted by atomic mass is 10.2. The number of hydrogen-bond donors (Lipinski definition) is 1. The summed E-state index contributed by atoms with van der Waals surface area (Å²) in [4.78, 5) is 12.2. The fourth-order valence-electron chi connectivity index (χ4n) is 2.80. The van der Waals surface area contributed by atoms with Gasteiger partial charge in [-0.1, -0.05) is 23.7 Å². The van der Waals surface area contributed by atoms with Crippen LogP contribution in [0.4, 0.5) is 0 Å². The number of fused-ring (bicyclic) bond motifs is 1. The molecule has 0 aromatic heterocycles. The summed E-state index contributed by atoms with van der Waals surface area (Å²) in [7, 11) is 1.55. The van der Waals surface area contributed by atoms with Gasteiger partial charge in [0, 0.05) is 6.08 Å². The van der Waals surface area contributed by atoms with Gasteiger partial charge in [0.05, 0.1) is 24.8 Å². The summed E-state index contributed by atoms with van der Waals surface area (Å²) in [6.45, 7) is 4.54. The van der Waals surface area contributed by atoms with Crippen LogP contribution < -0.4 is 24.3 Å². The van der Waals surface area contributed by atoms with E-state index in [1.165, 1.54) is 6.08 Å². The zero-order chi connectivity index (χ0) is 20.8. The molecule has 1 amide bonds. The molecule has 154 valence electrons. The van der Waals surface area contributed by atoms with E-state index >= 15 is 0 Å². The number of carbonyl (C=O) groups excluding carboxylic acids is 1. The van der Waals surface area contributed by atoms with E-state index in [2.05, 4.69) is 5.32 Å². The first-order chi connectivity index (χ1) is 14.0. The minimum atomic E-state index is -0.246. The van der Waals surface area contributed by atoms with Gasteiger partial charge < -0.3 is 24.3 Å². The third-order valence-electron chi connectivity index (χ3n) is 4.10. The van der Waals surface area contributed by atoms with Crippen molar-refractivity contribution in [1.82, 2.24) is 5.32 Å². The molecule has 1 N–H and O–H groups in total. The maximum atomic E-state index is 12.2. The molecule has 6 nitrogen and oxygen atoms in total. The Bertz CT molecular complexity index is 897. The number of para-hydroxylation sites is 2. The first kappa shape index (κ1) is 20.9. The minimum absolute atomic E-state index is 0.0356. The molecule has 7 heteroatoms. The summed E-state index contributed by atoms with van der Waals surface area (Å²) >= 11 is 6.31. The first-order valence-electron chi connectivity index (χ1n) is 9.35. The van der Waals surface area contributed by atoms with Gasteiger partial charge in [-0.25, -0.2) is 0 Å². The zero-order valence-electron chi connectivity index (χ0n) is 16.6. The van der Waals surface area contributed by atoms with E-state index in [1.807, 2.05) is 38.1 Å². The number of rotatable bonds is 7. The summed E-state index contributed by atoms with van der Waals surface area (Å²) in [5.74, 6) is 2.15. The number of benzene rings is 2. The standard InChI is InChI=1S/C22H24ClNO5/c1-14(2)28-22-17(23)10-15(11-20(22)26-3)8-9-21(25)24-12-16-13-27-18-6-4-5-7-19(18)29-16/h4-11,14,16H,12-13H2,1-3H3,(H,24,25)/b9-8+/t16-/m0/s1. The van der Waals surface area contributed by atoms with E-state index in [9.17, 15) is 4.79 Å². The Morgan fingerprint density at radius 2 is 2.07 bits per heavy atom. The van der Waals surface area contributed by atoms with Crippen molar-refractivity contribution in [3.8, 4) is 23.0 Å². The molecule has 0 unspecified atom stereocenters. The average molecular weight is 418 g/mol. The lowest BCUT2D eigenvalue weighted by Crippen LogP contribution is -2.40. The lowest BCUT2D eigenvalue weighted by molar-refractivity contribution is -0.116. The van der Waals surface area contributed by atoms with Crippen molar-refractivity contribution in [2.24, 2.45) is 0 Å². The van der Waals surface area contributed by atoms with Crippen LogP contribution in [-0.2, 0) is 4.79 Å². The zero-order valence-corrected chi connectivity index (χ0v) is 17.4. The number of amides is 1. The Kier molecular flexibility index (Phi) is 6.88. The number of carbonyl (C=O) groups is 1. The molecule has 0 aliphatic carbocycles. The molecule has 0 fully saturated rings. The number of ether oxygens (including phenoxy) is 4. The van der Waals surface area contributed by atoms with Crippen LogP contribution in [0.5, 0.6) is 23.0 Å². The molecule has 1 heterocycles. The normalized spacial score (nSPS) is 15.4. The molecule has 1 atom stereocenters. The first-order valence-corrected chi connectivity index (χ1v) is 9.72. The highest BCUT2D eigenvalue weighted by Gasteiger charge is 2.20. The maximum Gasteiger partial charge on any atom is 0.244 e. The summed E-state index contributed by atoms with van der Waals surface area (Å²) in [6.07, 6.45) is 2.82. The Hall–Kier alpha value is -2.86. The van der Waals surface area contributed by atoms with Crippen molar-refractivity contribution in [1.29, 1.82) is 0 Å². The van der Waals surface area contributed by atoms with Crippen LogP contribution in [0, 0.1) is 0 Å². The van der Waals surface area contributed by atoms with Crippen LogP contribution in [-0.4, -0.2) is 38.4 Å². The largest absolute Gasteiger partial charge is 0.493 e. The van der Waals surface area contributed by atoms with E-state index in [0.717, 1.165) is 5.56 Å². The predicted molar refractivity (Wildman–Crippen MR) is 112 cm³/mol. The molecule has 2 aromatic rings. The van der Waals surface area contributed by atoms with Crippen LogP contribution in [0.1, 0.15) is 19.4 Å². The number of halogens is 1. The fourth-order valence-corrected chi connectivity index (χ4v) is 3.06. The molecule has 2 aromatic carbocycles. The maximum absolute atomic E-state index is 12.2. The summed E-state index contributed by atoms with van der Waals surface area (Å²) in [6, 6.07) is 10.9. The monoisotopic (exact) mass is 417 g/mol. The quantitative estimate of drug-likeness (QED) is 0.687. The smallest absolute Gasteiger partial charge is 0.244 e. The van der Waals surface area contributed by atoms with E-state index < -0.39 is 0 Å². The second-order valence-corrected chi connectivity index (χ2v) is 7.18. The molecule has 1 aliphatic heterocycles. The highest BCUT2D eigenvalue weighted by Crippen LogP contribution is 2.37. The molecule has 0 bridgehead atoms. The van der Waals surface area contributed by atoms with Gasteiger partial charge in [-0.15, -0.1) is 0 Å². The summed E-state index contributed by atoms with van der Waals surface area (Å²) < 4.78 is 22.5. The predicted octanol–water partition coefficient (Wildman–Crippen LogP) is 4.11. The van der Waals surface area contributed by atoms with Crippen molar-refractivity contribution < 1.29 is 23.7 Å². The number of hydrogen-bond acceptors (Lipinski definition) is 5. The van der Waals surface area contributed by atoms with Crippen molar-refractivity contribution in [3.63, 3.8) is 0 Å². The van der Waals surface area contributed by atoms with Crippen LogP contribution >= 0.6 is 11.6 Å². The summed E-state index contributed by atoms with van der Waals surface area (Å²) in [5.41, 5.74) is 0.726. The van der Waals surface area contributed by atoms with Gasteiger partial charge in [-0.05, 0) is 49.8 Å². The van der Waals surface area contributed by atoms with Crippen molar-refractivity contribution >= 4 is 23.6 Å². The van der Waals surface area contributed by atoms with Gasteiger partial charge in [0.15, 0.2) is 23.0 Å². The van der Waals surface area contributed by atoms with E-state index in [4.69, 9.17) is 30.5 Å². The number of nitrogens with one attached hydrogen (secondary N) is 1. The Balaban J connectivity index is 1.57. The number of methoxy groups -OCH3 is 1.